The highest BCUT2D eigenvalue weighted by Crippen LogP contribution is 2.24. The number of hydrogen-bond acceptors (Lipinski definition) is 5. The largest absolute Gasteiger partial charge is 0.266 e. The molecule has 4 rings (SSSR count). The lowest BCUT2D eigenvalue weighted by Gasteiger charge is -2.18. The van der Waals surface area contributed by atoms with Crippen molar-refractivity contribution in [2.45, 2.75) is 13.5 Å². The summed E-state index contributed by atoms with van der Waals surface area (Å²) in [5, 5.41) is 10.8. The summed E-state index contributed by atoms with van der Waals surface area (Å²) in [4.78, 5) is 0. The molecule has 0 amide bonds. The number of aromatic nitrogens is 2. The minimum atomic E-state index is 0.668. The first-order chi connectivity index (χ1) is 12.6. The lowest BCUT2D eigenvalue weighted by Crippen LogP contribution is -2.40. The van der Waals surface area contributed by atoms with Crippen LogP contribution in [0.25, 0.3) is 5.69 Å². The summed E-state index contributed by atoms with van der Waals surface area (Å²) in [6.45, 7) is 2.74. The average Bonchev–Trinajstić information content (AvgIpc) is 3.24. The standard InChI is InChI=1S/C18H16Br2N6/c1-12-2-8-15(9-3-12)26-17(20)16(10-21-26)18-22-23-24-25(18)11-13-4-6-14(19)7-5-13/h2-10,23-24H,11H2,1H3. The average molecular weight is 476 g/mol. The molecule has 0 bridgehead atoms. The van der Waals surface area contributed by atoms with E-state index in [0.717, 1.165) is 26.2 Å². The summed E-state index contributed by atoms with van der Waals surface area (Å²) >= 11 is 7.13. The second kappa shape index (κ2) is 7.22. The van der Waals surface area contributed by atoms with Crippen molar-refractivity contribution >= 4 is 37.7 Å². The van der Waals surface area contributed by atoms with Crippen LogP contribution in [-0.4, -0.2) is 20.6 Å². The van der Waals surface area contributed by atoms with Gasteiger partial charge in [-0.15, -0.1) is 10.6 Å². The Morgan fingerprint density at radius 1 is 1.00 bits per heavy atom. The van der Waals surface area contributed by atoms with Crippen LogP contribution in [0.2, 0.25) is 0 Å². The van der Waals surface area contributed by atoms with Crippen molar-refractivity contribution in [3.8, 4) is 5.69 Å². The highest BCUT2D eigenvalue weighted by atomic mass is 79.9. The first-order valence-electron chi connectivity index (χ1n) is 8.03. The summed E-state index contributed by atoms with van der Waals surface area (Å²) in [6.07, 6.45) is 1.81. The summed E-state index contributed by atoms with van der Waals surface area (Å²) in [6, 6.07) is 16.4. The third kappa shape index (κ3) is 3.40. The quantitative estimate of drug-likeness (QED) is 0.601. The number of hydrazone groups is 1. The van der Waals surface area contributed by atoms with E-state index in [1.165, 1.54) is 11.1 Å². The molecule has 2 N–H and O–H groups in total. The van der Waals surface area contributed by atoms with Crippen LogP contribution < -0.4 is 11.1 Å². The third-order valence-electron chi connectivity index (χ3n) is 4.09. The van der Waals surface area contributed by atoms with Crippen molar-refractivity contribution in [2.24, 2.45) is 5.10 Å². The minimum Gasteiger partial charge on any atom is -0.266 e. The van der Waals surface area contributed by atoms with E-state index in [4.69, 9.17) is 0 Å². The Bertz CT molecular complexity index is 947. The van der Waals surface area contributed by atoms with Crippen LogP contribution in [0.3, 0.4) is 0 Å². The summed E-state index contributed by atoms with van der Waals surface area (Å²) < 4.78 is 3.77. The third-order valence-corrected chi connectivity index (χ3v) is 5.38. The molecule has 1 aliphatic rings. The number of aryl methyl sites for hydroxylation is 1. The van der Waals surface area contributed by atoms with Crippen LogP contribution in [0.5, 0.6) is 0 Å². The number of hydrogen-bond donors (Lipinski definition) is 2. The van der Waals surface area contributed by atoms with Crippen LogP contribution >= 0.6 is 31.9 Å². The molecule has 6 nitrogen and oxygen atoms in total. The molecule has 1 aliphatic heterocycles. The van der Waals surface area contributed by atoms with E-state index < -0.39 is 0 Å². The Morgan fingerprint density at radius 3 is 2.46 bits per heavy atom. The van der Waals surface area contributed by atoms with Crippen molar-refractivity contribution in [1.29, 1.82) is 0 Å². The van der Waals surface area contributed by atoms with Crippen LogP contribution in [0.1, 0.15) is 16.7 Å². The van der Waals surface area contributed by atoms with Gasteiger partial charge in [0.25, 0.3) is 0 Å². The first-order valence-corrected chi connectivity index (χ1v) is 9.61. The second-order valence-electron chi connectivity index (χ2n) is 5.97. The molecular weight excluding hydrogens is 460 g/mol. The highest BCUT2D eigenvalue weighted by molar-refractivity contribution is 9.10. The van der Waals surface area contributed by atoms with Crippen molar-refractivity contribution in [2.75, 3.05) is 0 Å². The zero-order chi connectivity index (χ0) is 18.1. The molecule has 3 aromatic rings. The van der Waals surface area contributed by atoms with Gasteiger partial charge in [0.2, 0.25) is 0 Å². The van der Waals surface area contributed by atoms with Gasteiger partial charge in [-0.25, -0.2) is 10.2 Å². The Hall–Kier alpha value is -2.16. The van der Waals surface area contributed by atoms with Crippen LogP contribution in [0, 0.1) is 6.92 Å². The molecule has 0 aliphatic carbocycles. The van der Waals surface area contributed by atoms with E-state index >= 15 is 0 Å². The molecule has 8 heteroatoms. The van der Waals surface area contributed by atoms with Gasteiger partial charge in [-0.3, -0.25) is 5.01 Å². The number of hydrazine groups is 2. The van der Waals surface area contributed by atoms with Gasteiger partial charge in [0, 0.05) is 4.47 Å². The highest BCUT2D eigenvalue weighted by Gasteiger charge is 2.24. The first kappa shape index (κ1) is 17.3. The maximum Gasteiger partial charge on any atom is 0.177 e. The van der Waals surface area contributed by atoms with Gasteiger partial charge < -0.3 is 0 Å². The molecule has 26 heavy (non-hydrogen) atoms. The predicted molar refractivity (Wildman–Crippen MR) is 108 cm³/mol. The van der Waals surface area contributed by atoms with Gasteiger partial charge in [-0.05, 0) is 52.7 Å². The summed E-state index contributed by atoms with van der Waals surface area (Å²) in [7, 11) is 0. The number of rotatable bonds is 4. The van der Waals surface area contributed by atoms with Crippen LogP contribution in [0.4, 0.5) is 0 Å². The topological polar surface area (TPSA) is 57.5 Å². The van der Waals surface area contributed by atoms with E-state index in [-0.39, 0.29) is 0 Å². The smallest absolute Gasteiger partial charge is 0.177 e. The molecule has 0 unspecified atom stereocenters. The Morgan fingerprint density at radius 2 is 1.73 bits per heavy atom. The number of amidine groups is 1. The SMILES string of the molecule is Cc1ccc(-n2ncc(C3=NNNN3Cc3ccc(Br)cc3)c2Br)cc1. The molecule has 2 heterocycles. The number of nitrogens with zero attached hydrogens (tertiary/aromatic N) is 4. The Kier molecular flexibility index (Phi) is 4.80. The van der Waals surface area contributed by atoms with E-state index in [0.29, 0.717) is 6.54 Å². The fraction of sp³-hybridized carbons (Fsp3) is 0.111. The van der Waals surface area contributed by atoms with Gasteiger partial charge in [0.15, 0.2) is 5.84 Å². The lowest BCUT2D eigenvalue weighted by molar-refractivity contribution is 0.288. The molecule has 0 atom stereocenters. The maximum atomic E-state index is 4.51. The van der Waals surface area contributed by atoms with Crippen LogP contribution in [0.15, 0.2) is 68.9 Å². The second-order valence-corrected chi connectivity index (χ2v) is 7.63. The van der Waals surface area contributed by atoms with Gasteiger partial charge in [-0.1, -0.05) is 45.8 Å². The van der Waals surface area contributed by atoms with Gasteiger partial charge in [-0.2, -0.15) is 5.10 Å². The van der Waals surface area contributed by atoms with Crippen LogP contribution in [-0.2, 0) is 6.54 Å². The minimum absolute atomic E-state index is 0.668. The van der Waals surface area contributed by atoms with E-state index in [2.05, 4.69) is 84.3 Å². The van der Waals surface area contributed by atoms with E-state index in [1.54, 1.807) is 0 Å². The van der Waals surface area contributed by atoms with Gasteiger partial charge in [0.1, 0.15) is 4.60 Å². The molecule has 2 aromatic carbocycles. The number of benzene rings is 2. The maximum absolute atomic E-state index is 4.51. The summed E-state index contributed by atoms with van der Waals surface area (Å²) in [5.74, 6) is 0.776. The monoisotopic (exact) mass is 474 g/mol. The molecule has 1 aromatic heterocycles. The normalized spacial score (nSPS) is 13.7. The number of nitrogens with one attached hydrogen (secondary N) is 2. The Labute approximate surface area is 168 Å². The van der Waals surface area contributed by atoms with E-state index in [1.807, 2.05) is 40.2 Å². The van der Waals surface area contributed by atoms with Crippen molar-refractivity contribution in [3.63, 3.8) is 0 Å². The zero-order valence-corrected chi connectivity index (χ0v) is 17.1. The molecule has 0 fully saturated rings. The molecule has 132 valence electrons. The molecule has 0 radical (unpaired) electrons. The fourth-order valence-electron chi connectivity index (χ4n) is 2.69. The van der Waals surface area contributed by atoms with E-state index in [9.17, 15) is 0 Å². The van der Waals surface area contributed by atoms with Crippen molar-refractivity contribution < 1.29 is 0 Å². The predicted octanol–water partition coefficient (Wildman–Crippen LogP) is 3.89. The van der Waals surface area contributed by atoms with Crippen molar-refractivity contribution in [3.05, 3.63) is 80.5 Å². The molecule has 0 spiro atoms. The van der Waals surface area contributed by atoms with Gasteiger partial charge in [0.05, 0.1) is 24.0 Å². The zero-order valence-electron chi connectivity index (χ0n) is 13.9. The molecule has 0 saturated heterocycles. The van der Waals surface area contributed by atoms with Crippen molar-refractivity contribution in [1.82, 2.24) is 25.9 Å². The molecule has 0 saturated carbocycles. The number of halogens is 2. The molecular formula is C18H16Br2N6. The van der Waals surface area contributed by atoms with Gasteiger partial charge >= 0.3 is 0 Å². The lowest BCUT2D eigenvalue weighted by atomic mass is 10.2. The summed E-state index contributed by atoms with van der Waals surface area (Å²) in [5.41, 5.74) is 10.2. The Balaban J connectivity index is 1.60. The fourth-order valence-corrected chi connectivity index (χ4v) is 3.53.